The Bertz CT molecular complexity index is 443. The molecule has 0 N–H and O–H groups in total. The molecule has 1 aliphatic heterocycles. The average Bonchev–Trinajstić information content (AvgIpc) is 2.81. The van der Waals surface area contributed by atoms with Gasteiger partial charge in [-0.15, -0.1) is 11.8 Å². The highest BCUT2D eigenvalue weighted by Crippen LogP contribution is 2.42. The maximum Gasteiger partial charge on any atom is 0.204 e. The van der Waals surface area contributed by atoms with Crippen molar-refractivity contribution in [1.29, 1.82) is 0 Å². The van der Waals surface area contributed by atoms with Gasteiger partial charge in [0.25, 0.3) is 0 Å². The van der Waals surface area contributed by atoms with Gasteiger partial charge < -0.3 is 4.74 Å². The summed E-state index contributed by atoms with van der Waals surface area (Å²) in [6, 6.07) is 7.82. The molecule has 5 heteroatoms. The van der Waals surface area contributed by atoms with Crippen molar-refractivity contribution < 1.29 is 14.5 Å². The first-order chi connectivity index (χ1) is 9.68. The van der Waals surface area contributed by atoms with Gasteiger partial charge in [0.05, 0.1) is 6.61 Å². The Morgan fingerprint density at radius 3 is 2.75 bits per heavy atom. The Labute approximate surface area is 128 Å². The molecule has 3 atom stereocenters. The van der Waals surface area contributed by atoms with Crippen molar-refractivity contribution in [2.45, 2.75) is 43.0 Å². The highest BCUT2D eigenvalue weighted by molar-refractivity contribution is 7.99. The zero-order valence-corrected chi connectivity index (χ0v) is 13.1. The zero-order valence-electron chi connectivity index (χ0n) is 11.5. The molecule has 0 amide bonds. The molecule has 1 saturated heterocycles. The number of hydrogen-bond acceptors (Lipinski definition) is 4. The lowest BCUT2D eigenvalue weighted by Gasteiger charge is -2.38. The molecule has 1 aliphatic carbocycles. The number of halogens is 1. The average molecular weight is 315 g/mol. The van der Waals surface area contributed by atoms with Gasteiger partial charge in [-0.1, -0.05) is 18.5 Å². The van der Waals surface area contributed by atoms with Gasteiger partial charge in [0, 0.05) is 28.0 Å². The summed E-state index contributed by atoms with van der Waals surface area (Å²) in [5, 5.41) is 0.757. The van der Waals surface area contributed by atoms with Crippen LogP contribution >= 0.6 is 23.4 Å². The van der Waals surface area contributed by atoms with Crippen LogP contribution in [0.3, 0.4) is 0 Å². The van der Waals surface area contributed by atoms with E-state index >= 15 is 0 Å². The van der Waals surface area contributed by atoms with E-state index in [1.165, 1.54) is 4.90 Å². The first-order valence-electron chi connectivity index (χ1n) is 7.05. The van der Waals surface area contributed by atoms with E-state index in [0.717, 1.165) is 30.0 Å². The molecular formula is C15H19ClO3S. The largest absolute Gasteiger partial charge is 0.344 e. The Morgan fingerprint density at radius 1 is 1.35 bits per heavy atom. The SMILES string of the molecule is CC1CCCC12OCC(CSc1ccc(Cl)cc1)OO2. The molecule has 0 radical (unpaired) electrons. The van der Waals surface area contributed by atoms with Crippen molar-refractivity contribution in [1.82, 2.24) is 0 Å². The van der Waals surface area contributed by atoms with Gasteiger partial charge in [0.2, 0.25) is 5.79 Å². The van der Waals surface area contributed by atoms with Crippen molar-refractivity contribution >= 4 is 23.4 Å². The van der Waals surface area contributed by atoms with E-state index in [4.69, 9.17) is 26.1 Å². The minimum atomic E-state index is -0.485. The van der Waals surface area contributed by atoms with Crippen LogP contribution in [0.5, 0.6) is 0 Å². The lowest BCUT2D eigenvalue weighted by Crippen LogP contribution is -2.47. The second kappa shape index (κ2) is 6.24. The van der Waals surface area contributed by atoms with E-state index in [9.17, 15) is 0 Å². The molecule has 3 nitrogen and oxygen atoms in total. The maximum absolute atomic E-state index is 5.98. The molecule has 3 rings (SSSR count). The molecule has 3 unspecified atom stereocenters. The summed E-state index contributed by atoms with van der Waals surface area (Å²) in [5.74, 6) is 0.737. The molecule has 1 spiro atoms. The first-order valence-corrected chi connectivity index (χ1v) is 8.41. The van der Waals surface area contributed by atoms with Crippen LogP contribution in [0.15, 0.2) is 29.2 Å². The fraction of sp³-hybridized carbons (Fsp3) is 0.600. The lowest BCUT2D eigenvalue weighted by molar-refractivity contribution is -0.490. The number of hydrogen-bond donors (Lipinski definition) is 0. The molecule has 0 bridgehead atoms. The molecule has 1 aromatic carbocycles. The number of rotatable bonds is 3. The molecule has 0 aromatic heterocycles. The van der Waals surface area contributed by atoms with Crippen LogP contribution in [0, 0.1) is 5.92 Å². The van der Waals surface area contributed by atoms with Crippen LogP contribution in [0.2, 0.25) is 5.02 Å². The normalized spacial score (nSPS) is 33.7. The van der Waals surface area contributed by atoms with E-state index in [-0.39, 0.29) is 6.10 Å². The molecular weight excluding hydrogens is 296 g/mol. The van der Waals surface area contributed by atoms with Crippen LogP contribution in [0.25, 0.3) is 0 Å². The summed E-state index contributed by atoms with van der Waals surface area (Å²) in [6.45, 7) is 2.77. The second-order valence-corrected chi connectivity index (χ2v) is 7.01. The number of benzene rings is 1. The van der Waals surface area contributed by atoms with Gasteiger partial charge >= 0.3 is 0 Å². The molecule has 2 fully saturated rings. The second-order valence-electron chi connectivity index (χ2n) is 5.48. The monoisotopic (exact) mass is 314 g/mol. The molecule has 1 heterocycles. The summed E-state index contributed by atoms with van der Waals surface area (Å²) >= 11 is 7.59. The van der Waals surface area contributed by atoms with E-state index in [2.05, 4.69) is 6.92 Å². The fourth-order valence-electron chi connectivity index (χ4n) is 2.69. The van der Waals surface area contributed by atoms with Crippen LogP contribution < -0.4 is 0 Å². The third-order valence-corrected chi connectivity index (χ3v) is 5.40. The van der Waals surface area contributed by atoms with Gasteiger partial charge in [-0.05, 0) is 37.1 Å². The summed E-state index contributed by atoms with van der Waals surface area (Å²) in [6.07, 6.45) is 3.21. The van der Waals surface area contributed by atoms with Gasteiger partial charge in [-0.3, -0.25) is 0 Å². The van der Waals surface area contributed by atoms with Crippen LogP contribution in [0.4, 0.5) is 0 Å². The highest BCUT2D eigenvalue weighted by Gasteiger charge is 2.47. The molecule has 1 aromatic rings. The lowest BCUT2D eigenvalue weighted by atomic mass is 10.1. The summed E-state index contributed by atoms with van der Waals surface area (Å²) in [7, 11) is 0. The van der Waals surface area contributed by atoms with Crippen LogP contribution in [-0.4, -0.2) is 24.3 Å². The molecule has 2 aliphatic rings. The molecule has 110 valence electrons. The Kier molecular flexibility index (Phi) is 4.58. The third-order valence-electron chi connectivity index (χ3n) is 4.00. The Hall–Kier alpha value is -0.260. The van der Waals surface area contributed by atoms with E-state index < -0.39 is 5.79 Å². The van der Waals surface area contributed by atoms with Crippen LogP contribution in [0.1, 0.15) is 26.2 Å². The van der Waals surface area contributed by atoms with Gasteiger partial charge in [0.1, 0.15) is 6.10 Å². The van der Waals surface area contributed by atoms with Gasteiger partial charge in [-0.25, -0.2) is 9.78 Å². The summed E-state index contributed by atoms with van der Waals surface area (Å²) in [4.78, 5) is 12.3. The first kappa shape index (κ1) is 14.7. The van der Waals surface area contributed by atoms with E-state index in [1.54, 1.807) is 11.8 Å². The summed E-state index contributed by atoms with van der Waals surface area (Å²) in [5.41, 5.74) is 0. The van der Waals surface area contributed by atoms with Crippen molar-refractivity contribution in [2.75, 3.05) is 12.4 Å². The van der Waals surface area contributed by atoms with Crippen molar-refractivity contribution in [3.05, 3.63) is 29.3 Å². The molecule has 20 heavy (non-hydrogen) atoms. The summed E-state index contributed by atoms with van der Waals surface area (Å²) < 4.78 is 5.98. The van der Waals surface area contributed by atoms with Gasteiger partial charge in [-0.2, -0.15) is 0 Å². The third kappa shape index (κ3) is 3.15. The highest BCUT2D eigenvalue weighted by atomic mass is 35.5. The Balaban J connectivity index is 1.48. The van der Waals surface area contributed by atoms with Gasteiger partial charge in [0.15, 0.2) is 0 Å². The smallest absolute Gasteiger partial charge is 0.204 e. The zero-order chi connectivity index (χ0) is 14.0. The van der Waals surface area contributed by atoms with E-state index in [0.29, 0.717) is 12.5 Å². The minimum Gasteiger partial charge on any atom is -0.344 e. The van der Waals surface area contributed by atoms with Crippen molar-refractivity contribution in [3.8, 4) is 0 Å². The predicted octanol–water partition coefficient (Wildman–Crippen LogP) is 4.30. The number of thioether (sulfide) groups is 1. The van der Waals surface area contributed by atoms with Crippen molar-refractivity contribution in [3.63, 3.8) is 0 Å². The topological polar surface area (TPSA) is 27.7 Å². The molecule has 1 saturated carbocycles. The van der Waals surface area contributed by atoms with E-state index in [1.807, 2.05) is 24.3 Å². The quantitative estimate of drug-likeness (QED) is 0.614. The number of ether oxygens (including phenoxy) is 1. The van der Waals surface area contributed by atoms with Crippen LogP contribution in [-0.2, 0) is 14.5 Å². The standard InChI is InChI=1S/C15H19ClO3S/c1-11-3-2-8-15(11)17-9-13(18-19-15)10-20-14-6-4-12(16)5-7-14/h4-7,11,13H,2-3,8-10H2,1H3. The predicted molar refractivity (Wildman–Crippen MR) is 79.8 cm³/mol. The fourth-order valence-corrected chi connectivity index (χ4v) is 3.68. The maximum atomic E-state index is 5.98. The van der Waals surface area contributed by atoms with Crippen molar-refractivity contribution in [2.24, 2.45) is 5.92 Å². The Morgan fingerprint density at radius 2 is 2.15 bits per heavy atom. The minimum absolute atomic E-state index is 0.0193.